The molecule has 0 bridgehead atoms. The van der Waals surface area contributed by atoms with E-state index < -0.39 is 10.0 Å². The van der Waals surface area contributed by atoms with Crippen molar-refractivity contribution in [3.63, 3.8) is 0 Å². The van der Waals surface area contributed by atoms with Crippen LogP contribution in [-0.2, 0) is 10.0 Å². The smallest absolute Gasteiger partial charge is 0.215 e. The van der Waals surface area contributed by atoms with Gasteiger partial charge in [0.2, 0.25) is 10.0 Å². The predicted molar refractivity (Wildman–Crippen MR) is 78.0 cm³/mol. The highest BCUT2D eigenvalue weighted by Crippen LogP contribution is 2.25. The van der Waals surface area contributed by atoms with Crippen molar-refractivity contribution in [3.8, 4) is 5.75 Å². The number of sulfonamides is 1. The minimum Gasteiger partial charge on any atom is -0.492 e. The van der Waals surface area contributed by atoms with E-state index in [1.807, 2.05) is 6.92 Å². The first-order valence-electron chi connectivity index (χ1n) is 6.03. The lowest BCUT2D eigenvalue weighted by atomic mass is 10.2. The van der Waals surface area contributed by atoms with Crippen LogP contribution in [-0.4, -0.2) is 45.7 Å². The average Bonchev–Trinajstić information content (AvgIpc) is 2.33. The Morgan fingerprint density at radius 2 is 2.05 bits per heavy atom. The normalized spacial score (nSPS) is 11.6. The molecule has 1 rings (SSSR count). The van der Waals surface area contributed by atoms with Crippen molar-refractivity contribution in [3.05, 3.63) is 18.2 Å². The average molecular weight is 287 g/mol. The fourth-order valence-corrected chi connectivity index (χ4v) is 2.16. The van der Waals surface area contributed by atoms with Gasteiger partial charge in [0.1, 0.15) is 5.75 Å². The summed E-state index contributed by atoms with van der Waals surface area (Å²) in [5, 5.41) is 3.04. The second-order valence-corrected chi connectivity index (χ2v) is 6.51. The number of hydrogen-bond donors (Lipinski definition) is 2. The molecule has 3 N–H and O–H groups in total. The molecule has 0 spiro atoms. The van der Waals surface area contributed by atoms with Crippen LogP contribution in [0, 0.1) is 0 Å². The third kappa shape index (κ3) is 4.60. The van der Waals surface area contributed by atoms with Crippen LogP contribution in [0.2, 0.25) is 0 Å². The Labute approximate surface area is 114 Å². The van der Waals surface area contributed by atoms with Gasteiger partial charge in [-0.25, -0.2) is 12.7 Å². The Morgan fingerprint density at radius 1 is 1.37 bits per heavy atom. The summed E-state index contributed by atoms with van der Waals surface area (Å²) in [6.45, 7) is 2.74. The van der Waals surface area contributed by atoms with Gasteiger partial charge in [-0.05, 0) is 19.1 Å². The third-order valence-corrected chi connectivity index (χ3v) is 4.39. The standard InChI is InChI=1S/C12H21N3O3S/c1-4-18-12-9-10(5-6-11(12)13)14-7-8-19(16,17)15(2)3/h5-6,9,14H,4,7-8,13H2,1-3H3. The molecule has 7 heteroatoms. The summed E-state index contributed by atoms with van der Waals surface area (Å²) in [6.07, 6.45) is 0. The lowest BCUT2D eigenvalue weighted by Crippen LogP contribution is -2.28. The van der Waals surface area contributed by atoms with E-state index in [0.717, 1.165) is 5.69 Å². The van der Waals surface area contributed by atoms with Crippen LogP contribution in [0.15, 0.2) is 18.2 Å². The van der Waals surface area contributed by atoms with Crippen LogP contribution < -0.4 is 15.8 Å². The van der Waals surface area contributed by atoms with E-state index in [-0.39, 0.29) is 5.75 Å². The number of nitrogens with one attached hydrogen (secondary N) is 1. The van der Waals surface area contributed by atoms with Gasteiger partial charge in [0.15, 0.2) is 0 Å². The Morgan fingerprint density at radius 3 is 2.63 bits per heavy atom. The third-order valence-electron chi connectivity index (χ3n) is 2.56. The van der Waals surface area contributed by atoms with Gasteiger partial charge >= 0.3 is 0 Å². The largest absolute Gasteiger partial charge is 0.492 e. The molecule has 0 aromatic heterocycles. The molecule has 0 radical (unpaired) electrons. The van der Waals surface area contributed by atoms with Crippen molar-refractivity contribution in [2.24, 2.45) is 0 Å². The molecule has 0 aliphatic heterocycles. The van der Waals surface area contributed by atoms with Crippen molar-refractivity contribution in [1.29, 1.82) is 0 Å². The van der Waals surface area contributed by atoms with Gasteiger partial charge in [-0.3, -0.25) is 0 Å². The molecule has 19 heavy (non-hydrogen) atoms. The second kappa shape index (κ2) is 6.63. The van der Waals surface area contributed by atoms with Crippen molar-refractivity contribution in [2.75, 3.05) is 44.1 Å². The lowest BCUT2D eigenvalue weighted by molar-refractivity contribution is 0.342. The molecular formula is C12H21N3O3S. The molecule has 0 amide bonds. The molecule has 0 saturated carbocycles. The molecule has 108 valence electrons. The van der Waals surface area contributed by atoms with E-state index in [2.05, 4.69) is 5.32 Å². The predicted octanol–water partition coefficient (Wildman–Crippen LogP) is 0.971. The first-order chi connectivity index (χ1) is 8.86. The highest BCUT2D eigenvalue weighted by molar-refractivity contribution is 7.89. The molecule has 6 nitrogen and oxygen atoms in total. The molecule has 0 saturated heterocycles. The Kier molecular flexibility index (Phi) is 5.44. The van der Waals surface area contributed by atoms with E-state index in [1.54, 1.807) is 18.2 Å². The zero-order chi connectivity index (χ0) is 14.5. The fraction of sp³-hybridized carbons (Fsp3) is 0.500. The quantitative estimate of drug-likeness (QED) is 0.730. The molecule has 1 aromatic carbocycles. The maximum absolute atomic E-state index is 11.6. The SMILES string of the molecule is CCOc1cc(NCCS(=O)(=O)N(C)C)ccc1N. The van der Waals surface area contributed by atoms with Crippen LogP contribution >= 0.6 is 0 Å². The summed E-state index contributed by atoms with van der Waals surface area (Å²) < 4.78 is 29.8. The first kappa shape index (κ1) is 15.6. The van der Waals surface area contributed by atoms with Crippen LogP contribution in [0.5, 0.6) is 5.75 Å². The zero-order valence-electron chi connectivity index (χ0n) is 11.5. The van der Waals surface area contributed by atoms with E-state index in [1.165, 1.54) is 18.4 Å². The van der Waals surface area contributed by atoms with Crippen molar-refractivity contribution in [2.45, 2.75) is 6.92 Å². The Balaban J connectivity index is 2.61. The van der Waals surface area contributed by atoms with Crippen molar-refractivity contribution in [1.82, 2.24) is 4.31 Å². The van der Waals surface area contributed by atoms with Crippen molar-refractivity contribution >= 4 is 21.4 Å². The van der Waals surface area contributed by atoms with Gasteiger partial charge in [0.25, 0.3) is 0 Å². The molecule has 0 heterocycles. The first-order valence-corrected chi connectivity index (χ1v) is 7.64. The topological polar surface area (TPSA) is 84.7 Å². The summed E-state index contributed by atoms with van der Waals surface area (Å²) in [7, 11) is -0.143. The number of rotatable bonds is 7. The number of nitrogens with zero attached hydrogens (tertiary/aromatic N) is 1. The van der Waals surface area contributed by atoms with E-state index >= 15 is 0 Å². The number of nitrogens with two attached hydrogens (primary N) is 1. The molecule has 1 aromatic rings. The van der Waals surface area contributed by atoms with Crippen LogP contribution in [0.4, 0.5) is 11.4 Å². The summed E-state index contributed by atoms with van der Waals surface area (Å²) in [4.78, 5) is 0. The number of hydrogen-bond acceptors (Lipinski definition) is 5. The molecule has 0 aliphatic carbocycles. The summed E-state index contributed by atoms with van der Waals surface area (Å²) >= 11 is 0. The van der Waals surface area contributed by atoms with Gasteiger partial charge in [0.05, 0.1) is 18.0 Å². The lowest BCUT2D eigenvalue weighted by Gasteiger charge is -2.13. The summed E-state index contributed by atoms with van der Waals surface area (Å²) in [5.41, 5.74) is 7.10. The Hall–Kier alpha value is -1.47. The number of nitrogen functional groups attached to an aromatic ring is 1. The highest BCUT2D eigenvalue weighted by atomic mass is 32.2. The molecule has 0 aliphatic rings. The molecular weight excluding hydrogens is 266 g/mol. The van der Waals surface area contributed by atoms with Crippen molar-refractivity contribution < 1.29 is 13.2 Å². The molecule has 0 unspecified atom stereocenters. The van der Waals surface area contributed by atoms with Crippen LogP contribution in [0.25, 0.3) is 0 Å². The van der Waals surface area contributed by atoms with Gasteiger partial charge in [-0.15, -0.1) is 0 Å². The van der Waals surface area contributed by atoms with Crippen LogP contribution in [0.1, 0.15) is 6.92 Å². The minimum atomic E-state index is -3.18. The number of anilines is 2. The maximum Gasteiger partial charge on any atom is 0.215 e. The van der Waals surface area contributed by atoms with E-state index in [4.69, 9.17) is 10.5 Å². The summed E-state index contributed by atoms with van der Waals surface area (Å²) in [6, 6.07) is 5.29. The number of benzene rings is 1. The maximum atomic E-state index is 11.6. The number of ether oxygens (including phenoxy) is 1. The molecule has 0 fully saturated rings. The van der Waals surface area contributed by atoms with E-state index in [9.17, 15) is 8.42 Å². The molecule has 0 atom stereocenters. The summed E-state index contributed by atoms with van der Waals surface area (Å²) in [5.74, 6) is 0.636. The highest BCUT2D eigenvalue weighted by Gasteiger charge is 2.12. The minimum absolute atomic E-state index is 0.0361. The Bertz CT molecular complexity index is 515. The monoisotopic (exact) mass is 287 g/mol. The van der Waals surface area contributed by atoms with Gasteiger partial charge < -0.3 is 15.8 Å². The second-order valence-electron chi connectivity index (χ2n) is 4.21. The van der Waals surface area contributed by atoms with Gasteiger partial charge in [0, 0.05) is 32.4 Å². The van der Waals surface area contributed by atoms with E-state index in [0.29, 0.717) is 24.6 Å². The van der Waals surface area contributed by atoms with Gasteiger partial charge in [-0.1, -0.05) is 0 Å². The van der Waals surface area contributed by atoms with Crippen LogP contribution in [0.3, 0.4) is 0 Å². The zero-order valence-corrected chi connectivity index (χ0v) is 12.3. The fourth-order valence-electron chi connectivity index (χ4n) is 1.43. The van der Waals surface area contributed by atoms with Gasteiger partial charge in [-0.2, -0.15) is 0 Å².